The van der Waals surface area contributed by atoms with Crippen molar-refractivity contribution in [1.29, 1.82) is 0 Å². The number of nitrogens with zero attached hydrogens (tertiary/aromatic N) is 1. The summed E-state index contributed by atoms with van der Waals surface area (Å²) in [4.78, 5) is 15.3. The van der Waals surface area contributed by atoms with Crippen LogP contribution in [-0.4, -0.2) is 30.1 Å². The zero-order chi connectivity index (χ0) is 22.2. The Morgan fingerprint density at radius 3 is 2.28 bits per heavy atom. The van der Waals surface area contributed by atoms with Crippen LogP contribution in [0, 0.1) is 11.2 Å². The molecule has 0 bridgehead atoms. The molecule has 0 N–H and O–H groups in total. The maximum Gasteiger partial charge on any atom is 0.264 e. The predicted molar refractivity (Wildman–Crippen MR) is 131 cm³/mol. The van der Waals surface area contributed by atoms with E-state index in [4.69, 9.17) is 4.74 Å². The number of halogens is 1. The molecule has 4 rings (SSSR count). The highest BCUT2D eigenvalue weighted by molar-refractivity contribution is 8.00. The van der Waals surface area contributed by atoms with E-state index in [0.29, 0.717) is 16.4 Å². The summed E-state index contributed by atoms with van der Waals surface area (Å²) in [5.74, 6) is 1.34. The number of hydrogen-bond acceptors (Lipinski definition) is 3. The van der Waals surface area contributed by atoms with Gasteiger partial charge in [-0.1, -0.05) is 56.7 Å². The third kappa shape index (κ3) is 5.86. The minimum atomic E-state index is -0.312. The van der Waals surface area contributed by atoms with Crippen LogP contribution < -0.4 is 9.64 Å². The summed E-state index contributed by atoms with van der Waals surface area (Å²) in [6.45, 7) is 0.672. The molecule has 2 aliphatic rings. The molecule has 3 nitrogen and oxygen atoms in total. The van der Waals surface area contributed by atoms with Gasteiger partial charge in [0.2, 0.25) is 0 Å². The van der Waals surface area contributed by atoms with E-state index in [-0.39, 0.29) is 18.3 Å². The Kier molecular flexibility index (Phi) is 8.12. The van der Waals surface area contributed by atoms with Crippen LogP contribution in [0.4, 0.5) is 10.1 Å². The summed E-state index contributed by atoms with van der Waals surface area (Å²) in [6, 6.07) is 15.8. The van der Waals surface area contributed by atoms with Crippen molar-refractivity contribution in [3.05, 3.63) is 60.4 Å². The molecule has 0 aromatic heterocycles. The third-order valence-electron chi connectivity index (χ3n) is 7.09. The van der Waals surface area contributed by atoms with Crippen molar-refractivity contribution < 1.29 is 13.9 Å². The first-order valence-corrected chi connectivity index (χ1v) is 13.1. The predicted octanol–water partition coefficient (Wildman–Crippen LogP) is 6.86. The van der Waals surface area contributed by atoms with E-state index in [1.165, 1.54) is 75.7 Å². The highest BCUT2D eigenvalue weighted by Crippen LogP contribution is 2.51. The van der Waals surface area contributed by atoms with Gasteiger partial charge in [-0.15, -0.1) is 0 Å². The molecule has 172 valence electrons. The molecular weight excluding hydrogens is 421 g/mol. The average Bonchev–Trinajstić information content (AvgIpc) is 3.26. The molecule has 2 fully saturated rings. The zero-order valence-electron chi connectivity index (χ0n) is 18.8. The van der Waals surface area contributed by atoms with E-state index in [0.717, 1.165) is 12.2 Å². The maximum absolute atomic E-state index is 13.3. The van der Waals surface area contributed by atoms with Gasteiger partial charge in [0.15, 0.2) is 6.61 Å². The fraction of sp³-hybridized carbons (Fsp3) is 0.519. The van der Waals surface area contributed by atoms with Gasteiger partial charge in [0, 0.05) is 17.5 Å². The summed E-state index contributed by atoms with van der Waals surface area (Å²) in [7, 11) is 0. The Morgan fingerprint density at radius 2 is 1.59 bits per heavy atom. The fourth-order valence-electron chi connectivity index (χ4n) is 5.23. The number of thioether (sulfide) groups is 1. The number of benzene rings is 2. The van der Waals surface area contributed by atoms with E-state index in [2.05, 4.69) is 11.8 Å². The molecule has 5 heteroatoms. The van der Waals surface area contributed by atoms with Gasteiger partial charge in [-0.25, -0.2) is 4.39 Å². The minimum Gasteiger partial charge on any atom is -0.484 e. The lowest BCUT2D eigenvalue weighted by Gasteiger charge is -2.38. The van der Waals surface area contributed by atoms with Crippen molar-refractivity contribution in [2.24, 2.45) is 5.41 Å². The Hall–Kier alpha value is -2.01. The fourth-order valence-corrected chi connectivity index (χ4v) is 7.00. The number of hydrogen-bond donors (Lipinski definition) is 0. The number of para-hydroxylation sites is 1. The van der Waals surface area contributed by atoms with Crippen LogP contribution in [0.1, 0.15) is 57.8 Å². The second-order valence-corrected chi connectivity index (χ2v) is 10.5. The van der Waals surface area contributed by atoms with Gasteiger partial charge in [-0.2, -0.15) is 11.8 Å². The highest BCUT2D eigenvalue weighted by Gasteiger charge is 2.43. The molecule has 1 saturated carbocycles. The van der Waals surface area contributed by atoms with E-state index in [1.54, 1.807) is 12.1 Å². The van der Waals surface area contributed by atoms with Gasteiger partial charge in [-0.05, 0) is 66.8 Å². The Balaban J connectivity index is 1.49. The molecule has 1 heterocycles. The molecule has 2 aromatic carbocycles. The van der Waals surface area contributed by atoms with Crippen LogP contribution in [0.2, 0.25) is 0 Å². The molecule has 1 saturated heterocycles. The Labute approximate surface area is 195 Å². The molecule has 1 aliphatic carbocycles. The van der Waals surface area contributed by atoms with E-state index in [9.17, 15) is 9.18 Å². The van der Waals surface area contributed by atoms with Crippen molar-refractivity contribution in [2.45, 2.75) is 63.0 Å². The topological polar surface area (TPSA) is 29.5 Å². The van der Waals surface area contributed by atoms with Gasteiger partial charge < -0.3 is 9.64 Å². The molecule has 1 spiro atoms. The second-order valence-electron chi connectivity index (χ2n) is 9.18. The highest BCUT2D eigenvalue weighted by atomic mass is 32.2. The second kappa shape index (κ2) is 11.2. The summed E-state index contributed by atoms with van der Waals surface area (Å²) in [5.41, 5.74) is 1.27. The number of amides is 1. The molecule has 0 radical (unpaired) electrons. The van der Waals surface area contributed by atoms with Crippen molar-refractivity contribution in [2.75, 3.05) is 23.8 Å². The van der Waals surface area contributed by atoms with Gasteiger partial charge in [0.05, 0.1) is 0 Å². The first-order chi connectivity index (χ1) is 15.7. The molecule has 1 amide bonds. The number of anilines is 1. The van der Waals surface area contributed by atoms with Gasteiger partial charge in [0.25, 0.3) is 5.91 Å². The van der Waals surface area contributed by atoms with Crippen LogP contribution in [0.15, 0.2) is 54.6 Å². The third-order valence-corrected chi connectivity index (χ3v) is 8.59. The van der Waals surface area contributed by atoms with Gasteiger partial charge >= 0.3 is 0 Å². The van der Waals surface area contributed by atoms with Crippen molar-refractivity contribution in [3.8, 4) is 5.75 Å². The standard InChI is InChI=1S/C27H34FNO2S/c28-22-12-14-24(15-13-22)31-21-26(30)29(23-10-6-5-7-11-23)20-25-27(18-19-32-25)16-8-3-1-2-4-9-17-27/h5-7,10-15,25H,1-4,8-9,16-21H2. The van der Waals surface area contributed by atoms with Crippen LogP contribution in [0.25, 0.3) is 0 Å². The summed E-state index contributed by atoms with van der Waals surface area (Å²) < 4.78 is 18.9. The van der Waals surface area contributed by atoms with Crippen molar-refractivity contribution in [3.63, 3.8) is 0 Å². The Bertz CT molecular complexity index is 848. The lowest BCUT2D eigenvalue weighted by atomic mass is 9.73. The number of ether oxygens (including phenoxy) is 1. The first kappa shape index (κ1) is 23.2. The summed E-state index contributed by atoms with van der Waals surface area (Å²) >= 11 is 2.05. The molecule has 32 heavy (non-hydrogen) atoms. The maximum atomic E-state index is 13.3. The summed E-state index contributed by atoms with van der Waals surface area (Å²) in [6.07, 6.45) is 11.9. The van der Waals surface area contributed by atoms with Crippen molar-refractivity contribution in [1.82, 2.24) is 0 Å². The van der Waals surface area contributed by atoms with Gasteiger partial charge in [-0.3, -0.25) is 4.79 Å². The van der Waals surface area contributed by atoms with E-state index < -0.39 is 0 Å². The Morgan fingerprint density at radius 1 is 0.938 bits per heavy atom. The van der Waals surface area contributed by atoms with Crippen molar-refractivity contribution >= 4 is 23.4 Å². The van der Waals surface area contributed by atoms with E-state index >= 15 is 0 Å². The average molecular weight is 456 g/mol. The largest absolute Gasteiger partial charge is 0.484 e. The molecule has 1 atom stereocenters. The molecular formula is C27H34FNO2S. The van der Waals surface area contributed by atoms with Crippen LogP contribution in [0.3, 0.4) is 0 Å². The first-order valence-electron chi connectivity index (χ1n) is 12.0. The number of carbonyl (C=O) groups excluding carboxylic acids is 1. The van der Waals surface area contributed by atoms with Crippen LogP contribution >= 0.6 is 11.8 Å². The molecule has 1 aliphatic heterocycles. The van der Waals surface area contributed by atoms with E-state index in [1.807, 2.05) is 35.2 Å². The zero-order valence-corrected chi connectivity index (χ0v) is 19.6. The number of carbonyl (C=O) groups is 1. The SMILES string of the molecule is O=C(COc1ccc(F)cc1)N(CC1SCCC12CCCCCCCC2)c1ccccc1. The number of rotatable bonds is 6. The lowest BCUT2D eigenvalue weighted by Crippen LogP contribution is -2.44. The molecule has 1 unspecified atom stereocenters. The minimum absolute atomic E-state index is 0.0498. The van der Waals surface area contributed by atoms with Gasteiger partial charge in [0.1, 0.15) is 11.6 Å². The molecule has 2 aromatic rings. The lowest BCUT2D eigenvalue weighted by molar-refractivity contribution is -0.120. The smallest absolute Gasteiger partial charge is 0.264 e. The van der Waals surface area contributed by atoms with Crippen LogP contribution in [-0.2, 0) is 4.79 Å². The van der Waals surface area contributed by atoms with Crippen LogP contribution in [0.5, 0.6) is 5.75 Å². The quantitative estimate of drug-likeness (QED) is 0.476. The normalized spacial score (nSPS) is 20.8. The summed E-state index contributed by atoms with van der Waals surface area (Å²) in [5, 5.41) is 0.454. The monoisotopic (exact) mass is 455 g/mol.